The molecule has 0 atom stereocenters. The van der Waals surface area contributed by atoms with Crippen LogP contribution in [0.2, 0.25) is 5.02 Å². The highest BCUT2D eigenvalue weighted by molar-refractivity contribution is 7.89. The van der Waals surface area contributed by atoms with E-state index in [1.54, 1.807) is 30.3 Å². The van der Waals surface area contributed by atoms with Gasteiger partial charge in [0.25, 0.3) is 0 Å². The highest BCUT2D eigenvalue weighted by Gasteiger charge is 2.28. The summed E-state index contributed by atoms with van der Waals surface area (Å²) in [6.45, 7) is 2.58. The predicted octanol–water partition coefficient (Wildman–Crippen LogP) is 2.52. The summed E-state index contributed by atoms with van der Waals surface area (Å²) in [5.74, 6) is 0.533. The first-order chi connectivity index (χ1) is 14.8. The molecule has 1 fully saturated rings. The van der Waals surface area contributed by atoms with E-state index in [-0.39, 0.29) is 11.5 Å². The van der Waals surface area contributed by atoms with E-state index in [0.29, 0.717) is 54.8 Å². The molecule has 2 aromatic carbocycles. The van der Waals surface area contributed by atoms with Crippen LogP contribution in [0.3, 0.4) is 0 Å². The minimum absolute atomic E-state index is 0.205. The Kier molecular flexibility index (Phi) is 7.77. The number of nitrogens with zero attached hydrogens (tertiary/aromatic N) is 2. The zero-order chi connectivity index (χ0) is 22.4. The lowest BCUT2D eigenvalue weighted by molar-refractivity contribution is 0.0444. The number of methoxy groups -OCH3 is 2. The average molecular weight is 469 g/mol. The van der Waals surface area contributed by atoms with Gasteiger partial charge in [0.05, 0.1) is 24.7 Å². The molecular weight excluding hydrogens is 444 g/mol. The summed E-state index contributed by atoms with van der Waals surface area (Å²) in [5.41, 5.74) is 0.372. The predicted molar refractivity (Wildman–Crippen MR) is 116 cm³/mol. The van der Waals surface area contributed by atoms with Crippen LogP contribution >= 0.6 is 11.6 Å². The highest BCUT2D eigenvalue weighted by atomic mass is 35.5. The first-order valence-corrected chi connectivity index (χ1v) is 11.5. The summed E-state index contributed by atoms with van der Waals surface area (Å²) in [6, 6.07) is 11.0. The number of benzene rings is 2. The molecule has 1 aliphatic heterocycles. The third kappa shape index (κ3) is 5.68. The summed E-state index contributed by atoms with van der Waals surface area (Å²) in [7, 11) is -0.520. The molecule has 1 aliphatic rings. The fourth-order valence-electron chi connectivity index (χ4n) is 3.26. The minimum atomic E-state index is -3.54. The van der Waals surface area contributed by atoms with Gasteiger partial charge in [0, 0.05) is 37.7 Å². The summed E-state index contributed by atoms with van der Waals surface area (Å²) >= 11 is 5.84. The minimum Gasteiger partial charge on any atom is -0.493 e. The van der Waals surface area contributed by atoms with E-state index in [9.17, 15) is 13.2 Å². The molecule has 0 aliphatic carbocycles. The molecule has 0 aromatic heterocycles. The van der Waals surface area contributed by atoms with Crippen LogP contribution in [0, 0.1) is 0 Å². The van der Waals surface area contributed by atoms with Gasteiger partial charge in [-0.3, -0.25) is 4.90 Å². The van der Waals surface area contributed by atoms with E-state index in [4.69, 9.17) is 25.8 Å². The fourth-order valence-corrected chi connectivity index (χ4v) is 4.81. The van der Waals surface area contributed by atoms with Gasteiger partial charge < -0.3 is 14.2 Å². The summed E-state index contributed by atoms with van der Waals surface area (Å²) in [6.07, 6.45) is 0. The van der Waals surface area contributed by atoms with Gasteiger partial charge >= 0.3 is 5.97 Å². The Bertz CT molecular complexity index is 1010. The SMILES string of the molecule is COc1ccc(C(=O)OCCN2CCN(S(=O)(=O)c3ccc(Cl)cc3)CC2)cc1OC. The molecule has 1 heterocycles. The van der Waals surface area contributed by atoms with Crippen molar-refractivity contribution in [1.29, 1.82) is 0 Å². The van der Waals surface area contributed by atoms with Gasteiger partial charge in [-0.2, -0.15) is 4.31 Å². The molecule has 0 spiro atoms. The maximum atomic E-state index is 12.7. The summed E-state index contributed by atoms with van der Waals surface area (Å²) in [4.78, 5) is 14.6. The van der Waals surface area contributed by atoms with Gasteiger partial charge in [-0.05, 0) is 42.5 Å². The van der Waals surface area contributed by atoms with Crippen LogP contribution in [0.5, 0.6) is 11.5 Å². The van der Waals surface area contributed by atoms with Crippen LogP contribution in [0.25, 0.3) is 0 Å². The van der Waals surface area contributed by atoms with Gasteiger partial charge in [-0.25, -0.2) is 13.2 Å². The number of halogens is 1. The molecule has 31 heavy (non-hydrogen) atoms. The van der Waals surface area contributed by atoms with Crippen molar-refractivity contribution in [2.45, 2.75) is 4.90 Å². The molecule has 1 saturated heterocycles. The molecule has 0 amide bonds. The largest absolute Gasteiger partial charge is 0.493 e. The van der Waals surface area contributed by atoms with Crippen molar-refractivity contribution in [2.75, 3.05) is 53.6 Å². The van der Waals surface area contributed by atoms with Crippen molar-refractivity contribution in [2.24, 2.45) is 0 Å². The van der Waals surface area contributed by atoms with Crippen molar-refractivity contribution in [1.82, 2.24) is 9.21 Å². The average Bonchev–Trinajstić information content (AvgIpc) is 2.79. The number of piperazine rings is 1. The number of hydrogen-bond acceptors (Lipinski definition) is 7. The Hall–Kier alpha value is -2.33. The van der Waals surface area contributed by atoms with Crippen molar-refractivity contribution in [3.05, 3.63) is 53.1 Å². The van der Waals surface area contributed by atoms with Crippen LogP contribution in [0.1, 0.15) is 10.4 Å². The Labute approximate surface area is 187 Å². The second-order valence-corrected chi connectivity index (χ2v) is 9.28. The van der Waals surface area contributed by atoms with Crippen LogP contribution in [0.4, 0.5) is 0 Å². The second kappa shape index (κ2) is 10.3. The standard InChI is InChI=1S/C21H25ClN2O6S/c1-28-19-8-3-16(15-20(19)29-2)21(25)30-14-13-23-9-11-24(12-10-23)31(26,27)18-6-4-17(22)5-7-18/h3-8,15H,9-14H2,1-2H3. The fraction of sp³-hybridized carbons (Fsp3) is 0.381. The lowest BCUT2D eigenvalue weighted by atomic mass is 10.2. The first-order valence-electron chi connectivity index (χ1n) is 9.72. The van der Waals surface area contributed by atoms with Crippen molar-refractivity contribution < 1.29 is 27.4 Å². The summed E-state index contributed by atoms with van der Waals surface area (Å²) < 4.78 is 42.7. The monoisotopic (exact) mass is 468 g/mol. The zero-order valence-electron chi connectivity index (χ0n) is 17.4. The molecule has 0 N–H and O–H groups in total. The Morgan fingerprint density at radius 2 is 1.61 bits per heavy atom. The van der Waals surface area contributed by atoms with Crippen molar-refractivity contribution >= 4 is 27.6 Å². The number of carbonyl (C=O) groups excluding carboxylic acids is 1. The van der Waals surface area contributed by atoms with E-state index in [1.165, 1.54) is 30.7 Å². The van der Waals surface area contributed by atoms with Crippen LogP contribution in [0.15, 0.2) is 47.4 Å². The Balaban J connectivity index is 1.47. The maximum absolute atomic E-state index is 12.7. The smallest absolute Gasteiger partial charge is 0.338 e. The van der Waals surface area contributed by atoms with Gasteiger partial charge in [-0.15, -0.1) is 0 Å². The molecule has 0 radical (unpaired) electrons. The van der Waals surface area contributed by atoms with Gasteiger partial charge in [0.2, 0.25) is 10.0 Å². The normalized spacial score (nSPS) is 15.5. The highest BCUT2D eigenvalue weighted by Crippen LogP contribution is 2.27. The number of hydrogen-bond donors (Lipinski definition) is 0. The number of ether oxygens (including phenoxy) is 3. The molecule has 10 heteroatoms. The third-order valence-electron chi connectivity index (χ3n) is 5.04. The van der Waals surface area contributed by atoms with Crippen LogP contribution in [-0.2, 0) is 14.8 Å². The van der Waals surface area contributed by atoms with Crippen LogP contribution in [-0.4, -0.2) is 77.1 Å². The topological polar surface area (TPSA) is 85.4 Å². The third-order valence-corrected chi connectivity index (χ3v) is 7.21. The lowest BCUT2D eigenvalue weighted by Gasteiger charge is -2.33. The molecule has 0 bridgehead atoms. The molecule has 0 saturated carbocycles. The quantitative estimate of drug-likeness (QED) is 0.550. The van der Waals surface area contributed by atoms with E-state index in [1.807, 2.05) is 0 Å². The second-order valence-electron chi connectivity index (χ2n) is 6.91. The molecule has 3 rings (SSSR count). The molecule has 8 nitrogen and oxygen atoms in total. The Morgan fingerprint density at radius 1 is 0.968 bits per heavy atom. The van der Waals surface area contributed by atoms with E-state index in [2.05, 4.69) is 4.90 Å². The van der Waals surface area contributed by atoms with E-state index in [0.717, 1.165) is 0 Å². The van der Waals surface area contributed by atoms with Gasteiger partial charge in [-0.1, -0.05) is 11.6 Å². The van der Waals surface area contributed by atoms with Crippen molar-refractivity contribution in [3.63, 3.8) is 0 Å². The van der Waals surface area contributed by atoms with Crippen molar-refractivity contribution in [3.8, 4) is 11.5 Å². The van der Waals surface area contributed by atoms with E-state index >= 15 is 0 Å². The number of carbonyl (C=O) groups is 1. The first kappa shape index (κ1) is 23.3. The number of esters is 1. The van der Waals surface area contributed by atoms with Crippen LogP contribution < -0.4 is 9.47 Å². The molecule has 168 valence electrons. The molecule has 2 aromatic rings. The zero-order valence-corrected chi connectivity index (χ0v) is 19.0. The van der Waals surface area contributed by atoms with Gasteiger partial charge in [0.1, 0.15) is 6.61 Å². The maximum Gasteiger partial charge on any atom is 0.338 e. The summed E-state index contributed by atoms with van der Waals surface area (Å²) in [5, 5.41) is 0.492. The van der Waals surface area contributed by atoms with E-state index < -0.39 is 16.0 Å². The molecule has 0 unspecified atom stereocenters. The lowest BCUT2D eigenvalue weighted by Crippen LogP contribution is -2.49. The molecular formula is C21H25ClN2O6S. The van der Waals surface area contributed by atoms with Gasteiger partial charge in [0.15, 0.2) is 11.5 Å². The Morgan fingerprint density at radius 3 is 2.23 bits per heavy atom. The number of rotatable bonds is 8. The number of sulfonamides is 1.